The SMILES string of the molecule is COc1ccc([C@@H]2CC(c3ccccc3)=NN2C(=O)Cn2c(=O)c(F)cn([C@H]3CCCO3)c2=O)cc1. The third-order valence-corrected chi connectivity index (χ3v) is 6.44. The summed E-state index contributed by atoms with van der Waals surface area (Å²) in [5.74, 6) is -1.07. The van der Waals surface area contributed by atoms with E-state index in [0.717, 1.165) is 21.9 Å². The van der Waals surface area contributed by atoms with Gasteiger partial charge < -0.3 is 9.47 Å². The van der Waals surface area contributed by atoms with Crippen molar-refractivity contribution in [2.75, 3.05) is 13.7 Å². The van der Waals surface area contributed by atoms with Crippen LogP contribution in [0.3, 0.4) is 0 Å². The lowest BCUT2D eigenvalue weighted by Crippen LogP contribution is -2.45. The fraction of sp³-hybridized carbons (Fsp3) is 0.308. The molecule has 5 rings (SSSR count). The molecule has 2 aliphatic heterocycles. The van der Waals surface area contributed by atoms with Crippen molar-refractivity contribution in [3.8, 4) is 5.75 Å². The number of carbonyl (C=O) groups is 1. The first kappa shape index (κ1) is 23.7. The largest absolute Gasteiger partial charge is 0.497 e. The quantitative estimate of drug-likeness (QED) is 0.528. The van der Waals surface area contributed by atoms with Gasteiger partial charge in [-0.2, -0.15) is 9.49 Å². The third-order valence-electron chi connectivity index (χ3n) is 6.44. The molecule has 2 aliphatic rings. The number of hydrazone groups is 1. The van der Waals surface area contributed by atoms with Gasteiger partial charge in [-0.3, -0.25) is 14.2 Å². The van der Waals surface area contributed by atoms with Crippen LogP contribution in [0.15, 0.2) is 75.5 Å². The number of nitrogens with zero attached hydrogens (tertiary/aromatic N) is 4. The van der Waals surface area contributed by atoms with E-state index in [4.69, 9.17) is 9.47 Å². The first-order valence-electron chi connectivity index (χ1n) is 11.7. The van der Waals surface area contributed by atoms with Gasteiger partial charge in [0.1, 0.15) is 18.5 Å². The number of rotatable bonds is 6. The van der Waals surface area contributed by atoms with Crippen molar-refractivity contribution in [3.63, 3.8) is 0 Å². The van der Waals surface area contributed by atoms with Crippen LogP contribution in [0, 0.1) is 5.82 Å². The highest BCUT2D eigenvalue weighted by Crippen LogP contribution is 2.33. The number of methoxy groups -OCH3 is 1. The number of halogens is 1. The van der Waals surface area contributed by atoms with Gasteiger partial charge in [-0.05, 0) is 36.1 Å². The molecule has 0 radical (unpaired) electrons. The van der Waals surface area contributed by atoms with Crippen LogP contribution in [0.5, 0.6) is 5.75 Å². The number of hydrogen-bond acceptors (Lipinski definition) is 6. The van der Waals surface area contributed by atoms with Crippen LogP contribution in [-0.2, 0) is 16.1 Å². The highest BCUT2D eigenvalue weighted by atomic mass is 19.1. The molecular weight excluding hydrogens is 467 g/mol. The topological polar surface area (TPSA) is 95.1 Å². The van der Waals surface area contributed by atoms with Crippen molar-refractivity contribution in [1.82, 2.24) is 14.1 Å². The molecule has 1 fully saturated rings. The molecule has 3 heterocycles. The van der Waals surface area contributed by atoms with Crippen LogP contribution >= 0.6 is 0 Å². The number of ether oxygens (including phenoxy) is 2. The number of carbonyl (C=O) groups excluding carboxylic acids is 1. The molecule has 1 amide bonds. The summed E-state index contributed by atoms with van der Waals surface area (Å²) in [6.45, 7) is -0.217. The van der Waals surface area contributed by atoms with E-state index in [0.29, 0.717) is 41.9 Å². The maximum Gasteiger partial charge on any atom is 0.333 e. The van der Waals surface area contributed by atoms with Gasteiger partial charge in [0.05, 0.1) is 25.1 Å². The first-order valence-corrected chi connectivity index (χ1v) is 11.7. The minimum atomic E-state index is -1.16. The Bertz CT molecular complexity index is 1410. The van der Waals surface area contributed by atoms with Gasteiger partial charge in [-0.15, -0.1) is 0 Å². The minimum absolute atomic E-state index is 0.431. The molecule has 2 aromatic carbocycles. The summed E-state index contributed by atoms with van der Waals surface area (Å²) in [4.78, 5) is 39.1. The summed E-state index contributed by atoms with van der Waals surface area (Å²) in [7, 11) is 1.57. The zero-order valence-corrected chi connectivity index (χ0v) is 19.7. The number of aromatic nitrogens is 2. The lowest BCUT2D eigenvalue weighted by Gasteiger charge is -2.23. The Morgan fingerprint density at radius 2 is 1.89 bits per heavy atom. The van der Waals surface area contributed by atoms with Crippen molar-refractivity contribution in [1.29, 1.82) is 0 Å². The van der Waals surface area contributed by atoms with E-state index in [1.165, 1.54) is 5.01 Å². The van der Waals surface area contributed by atoms with Gasteiger partial charge in [0.25, 0.3) is 11.5 Å². The second-order valence-electron chi connectivity index (χ2n) is 8.67. The van der Waals surface area contributed by atoms with Gasteiger partial charge >= 0.3 is 5.69 Å². The molecule has 36 heavy (non-hydrogen) atoms. The van der Waals surface area contributed by atoms with E-state index in [1.807, 2.05) is 42.5 Å². The Labute approximate surface area is 206 Å². The first-order chi connectivity index (χ1) is 17.5. The summed E-state index contributed by atoms with van der Waals surface area (Å²) in [5.41, 5.74) is 0.398. The molecule has 0 unspecified atom stereocenters. The lowest BCUT2D eigenvalue weighted by molar-refractivity contribution is -0.133. The monoisotopic (exact) mass is 492 g/mol. The molecule has 0 spiro atoms. The second kappa shape index (κ2) is 9.90. The van der Waals surface area contributed by atoms with Crippen LogP contribution in [0.25, 0.3) is 0 Å². The van der Waals surface area contributed by atoms with Crippen molar-refractivity contribution in [2.24, 2.45) is 5.10 Å². The minimum Gasteiger partial charge on any atom is -0.497 e. The average Bonchev–Trinajstić information content (AvgIpc) is 3.60. The van der Waals surface area contributed by atoms with Gasteiger partial charge in [0, 0.05) is 13.0 Å². The molecule has 10 heteroatoms. The Morgan fingerprint density at radius 1 is 1.14 bits per heavy atom. The molecule has 9 nitrogen and oxygen atoms in total. The Balaban J connectivity index is 1.50. The Kier molecular flexibility index (Phi) is 6.51. The summed E-state index contributed by atoms with van der Waals surface area (Å²) in [6, 6.07) is 16.2. The third kappa shape index (κ3) is 4.47. The van der Waals surface area contributed by atoms with E-state index in [-0.39, 0.29) is 0 Å². The second-order valence-corrected chi connectivity index (χ2v) is 8.67. The summed E-state index contributed by atoms with van der Waals surface area (Å²) in [6.07, 6.45) is 1.84. The average molecular weight is 493 g/mol. The van der Waals surface area contributed by atoms with Crippen molar-refractivity contribution < 1.29 is 18.7 Å². The number of amides is 1. The Hall–Kier alpha value is -4.05. The fourth-order valence-electron chi connectivity index (χ4n) is 4.55. The molecule has 0 bridgehead atoms. The van der Waals surface area contributed by atoms with Gasteiger partial charge in [0.15, 0.2) is 0 Å². The molecule has 186 valence electrons. The Morgan fingerprint density at radius 3 is 2.56 bits per heavy atom. The molecule has 0 N–H and O–H groups in total. The molecule has 0 saturated carbocycles. The summed E-state index contributed by atoms with van der Waals surface area (Å²) in [5, 5.41) is 5.84. The van der Waals surface area contributed by atoms with Gasteiger partial charge in [-0.1, -0.05) is 42.5 Å². The number of hydrogen-bond donors (Lipinski definition) is 0. The van der Waals surface area contributed by atoms with Gasteiger partial charge in [-0.25, -0.2) is 14.4 Å². The molecular formula is C26H25FN4O5. The van der Waals surface area contributed by atoms with Crippen LogP contribution in [-0.4, -0.2) is 39.5 Å². The maximum absolute atomic E-state index is 14.5. The van der Waals surface area contributed by atoms with E-state index in [2.05, 4.69) is 5.10 Å². The predicted molar refractivity (Wildman–Crippen MR) is 129 cm³/mol. The maximum atomic E-state index is 14.5. The normalized spacial score (nSPS) is 19.4. The lowest BCUT2D eigenvalue weighted by atomic mass is 9.98. The van der Waals surface area contributed by atoms with Crippen molar-refractivity contribution in [3.05, 3.63) is 98.6 Å². The van der Waals surface area contributed by atoms with E-state index >= 15 is 0 Å². The zero-order valence-electron chi connectivity index (χ0n) is 19.7. The molecule has 0 aliphatic carbocycles. The van der Waals surface area contributed by atoms with Crippen LogP contribution in [0.1, 0.15) is 42.7 Å². The summed E-state index contributed by atoms with van der Waals surface area (Å²) >= 11 is 0. The standard InChI is InChI=1S/C26H25FN4O5/c1-35-19-11-9-18(10-12-19)22-14-21(17-6-3-2-4-7-17)28-31(22)23(32)16-30-25(33)20(27)15-29(26(30)34)24-8-5-13-36-24/h2-4,6-7,9-12,15,22,24H,5,8,13-14,16H2,1H3/t22-,24+/m0/s1. The van der Waals surface area contributed by atoms with E-state index in [9.17, 15) is 18.8 Å². The molecule has 3 aromatic rings. The van der Waals surface area contributed by atoms with E-state index in [1.54, 1.807) is 19.2 Å². The highest BCUT2D eigenvalue weighted by Gasteiger charge is 2.34. The smallest absolute Gasteiger partial charge is 0.333 e. The molecule has 1 aromatic heterocycles. The predicted octanol–water partition coefficient (Wildman–Crippen LogP) is 2.84. The number of benzene rings is 2. The zero-order chi connectivity index (χ0) is 25.2. The van der Waals surface area contributed by atoms with Crippen molar-refractivity contribution in [2.45, 2.75) is 38.1 Å². The van der Waals surface area contributed by atoms with Gasteiger partial charge in [0.2, 0.25) is 5.82 Å². The van der Waals surface area contributed by atoms with Crippen LogP contribution in [0.2, 0.25) is 0 Å². The molecule has 1 saturated heterocycles. The van der Waals surface area contributed by atoms with Crippen LogP contribution < -0.4 is 16.0 Å². The molecule has 2 atom stereocenters. The van der Waals surface area contributed by atoms with Crippen LogP contribution in [0.4, 0.5) is 4.39 Å². The fourth-order valence-corrected chi connectivity index (χ4v) is 4.55. The highest BCUT2D eigenvalue weighted by molar-refractivity contribution is 6.03. The van der Waals surface area contributed by atoms with E-state index < -0.39 is 41.8 Å². The summed E-state index contributed by atoms with van der Waals surface area (Å²) < 4.78 is 26.9. The van der Waals surface area contributed by atoms with Crippen molar-refractivity contribution >= 4 is 11.6 Å².